The number of sulfone groups is 1. The molecule has 0 heterocycles. The first-order valence-electron chi connectivity index (χ1n) is 6.61. The van der Waals surface area contributed by atoms with E-state index in [2.05, 4.69) is 21.2 Å². The predicted octanol–water partition coefficient (Wildman–Crippen LogP) is 4.10. The quantitative estimate of drug-likeness (QED) is 0.541. The molecule has 6 nitrogen and oxygen atoms in total. The summed E-state index contributed by atoms with van der Waals surface area (Å²) in [7, 11) is -4.95. The molecule has 1 N–H and O–H groups in total. The lowest BCUT2D eigenvalue weighted by molar-refractivity contribution is -0.384. The Labute approximate surface area is 148 Å². The normalized spacial score (nSPS) is 11.6. The van der Waals surface area contributed by atoms with Gasteiger partial charge >= 0.3 is 5.76 Å². The fraction of sp³-hybridized carbons (Fsp3) is 0.143. The summed E-state index contributed by atoms with van der Waals surface area (Å²) in [6.45, 7) is -0.0138. The monoisotopic (exact) mass is 438 g/mol. The Balaban J connectivity index is 2.35. The predicted molar refractivity (Wildman–Crippen MR) is 87.7 cm³/mol. The highest BCUT2D eigenvalue weighted by Gasteiger charge is 2.29. The topological polar surface area (TPSA) is 89.3 Å². The van der Waals surface area contributed by atoms with Crippen LogP contribution in [0.3, 0.4) is 0 Å². The van der Waals surface area contributed by atoms with Gasteiger partial charge in [-0.2, -0.15) is 8.78 Å². The van der Waals surface area contributed by atoms with Crippen molar-refractivity contribution >= 4 is 37.1 Å². The number of nitro groups is 1. The van der Waals surface area contributed by atoms with Gasteiger partial charge in [0.1, 0.15) is 11.5 Å². The van der Waals surface area contributed by atoms with E-state index in [1.807, 2.05) is 0 Å². The Bertz CT molecular complexity index is 922. The largest absolute Gasteiger partial charge is 0.375 e. The van der Waals surface area contributed by atoms with Gasteiger partial charge in [0.15, 0.2) is 0 Å². The molecule has 0 aliphatic heterocycles. The van der Waals surface area contributed by atoms with Crippen molar-refractivity contribution in [1.29, 1.82) is 0 Å². The second kappa shape index (κ2) is 7.40. The van der Waals surface area contributed by atoms with Crippen LogP contribution in [-0.4, -0.2) is 19.1 Å². The molecule has 11 heteroatoms. The average Bonchev–Trinajstić information content (AvgIpc) is 2.55. The van der Waals surface area contributed by atoms with Crippen LogP contribution in [0.5, 0.6) is 0 Å². The van der Waals surface area contributed by atoms with Gasteiger partial charge in [-0.1, -0.05) is 15.9 Å². The van der Waals surface area contributed by atoms with Gasteiger partial charge in [0.25, 0.3) is 5.69 Å². The molecule has 0 aromatic heterocycles. The molecule has 0 amide bonds. The summed E-state index contributed by atoms with van der Waals surface area (Å²) in [6.07, 6.45) is 0. The first kappa shape index (κ1) is 19.2. The van der Waals surface area contributed by atoms with Crippen molar-refractivity contribution in [2.24, 2.45) is 0 Å². The molecule has 0 aliphatic rings. The molecule has 2 aromatic rings. The number of benzene rings is 2. The van der Waals surface area contributed by atoms with Crippen LogP contribution in [0.15, 0.2) is 45.8 Å². The number of hydrogen-bond donors (Lipinski definition) is 1. The lowest BCUT2D eigenvalue weighted by Gasteiger charge is -2.10. The first-order valence-corrected chi connectivity index (χ1v) is 8.95. The van der Waals surface area contributed by atoms with E-state index < -0.39 is 36.9 Å². The Morgan fingerprint density at radius 3 is 2.48 bits per heavy atom. The van der Waals surface area contributed by atoms with Crippen LogP contribution in [0.4, 0.5) is 24.5 Å². The molecule has 0 radical (unpaired) electrons. The van der Waals surface area contributed by atoms with Gasteiger partial charge < -0.3 is 5.32 Å². The van der Waals surface area contributed by atoms with Gasteiger partial charge in [-0.15, -0.1) is 0 Å². The summed E-state index contributed by atoms with van der Waals surface area (Å²) in [6, 6.07) is 6.31. The highest BCUT2D eigenvalue weighted by atomic mass is 79.9. The molecule has 0 aliphatic carbocycles. The Kier molecular flexibility index (Phi) is 5.68. The molecule has 25 heavy (non-hydrogen) atoms. The standard InChI is InChI=1S/C14H10BrF3N2O4S/c15-11-3-1-9(16)5-8(11)7-19-12-4-2-10(6-13(12)20(21)22)25(23,24)14(17)18/h1-6,14,19H,7H2. The second-order valence-corrected chi connectivity index (χ2v) is 7.60. The smallest absolute Gasteiger partial charge is 0.341 e. The van der Waals surface area contributed by atoms with Gasteiger partial charge in [-0.3, -0.25) is 10.1 Å². The van der Waals surface area contributed by atoms with Gasteiger partial charge in [0.05, 0.1) is 9.82 Å². The van der Waals surface area contributed by atoms with E-state index in [9.17, 15) is 31.7 Å². The van der Waals surface area contributed by atoms with Gasteiger partial charge in [-0.25, -0.2) is 12.8 Å². The lowest BCUT2D eigenvalue weighted by Crippen LogP contribution is -2.12. The number of hydrogen-bond acceptors (Lipinski definition) is 5. The minimum Gasteiger partial charge on any atom is -0.375 e. The molecule has 0 spiro atoms. The third-order valence-electron chi connectivity index (χ3n) is 3.21. The minimum absolute atomic E-state index is 0.0138. The Morgan fingerprint density at radius 2 is 1.88 bits per heavy atom. The molecule has 0 saturated heterocycles. The van der Waals surface area contributed by atoms with E-state index in [1.54, 1.807) is 0 Å². The first-order chi connectivity index (χ1) is 11.6. The molecule has 2 rings (SSSR count). The number of nitrogens with zero attached hydrogens (tertiary/aromatic N) is 1. The van der Waals surface area contributed by atoms with Crippen molar-refractivity contribution in [3.8, 4) is 0 Å². The van der Waals surface area contributed by atoms with Crippen LogP contribution in [0.2, 0.25) is 0 Å². The van der Waals surface area contributed by atoms with Crippen molar-refractivity contribution in [2.75, 3.05) is 5.32 Å². The fourth-order valence-corrected chi connectivity index (χ4v) is 3.09. The van der Waals surface area contributed by atoms with E-state index in [0.717, 1.165) is 12.1 Å². The molecule has 0 unspecified atom stereocenters. The molecule has 0 fully saturated rings. The average molecular weight is 439 g/mol. The van der Waals surface area contributed by atoms with E-state index in [1.165, 1.54) is 18.2 Å². The number of halogens is 4. The van der Waals surface area contributed by atoms with Crippen molar-refractivity contribution < 1.29 is 26.5 Å². The van der Waals surface area contributed by atoms with E-state index >= 15 is 0 Å². The number of nitro benzene ring substituents is 1. The lowest BCUT2D eigenvalue weighted by atomic mass is 10.2. The maximum Gasteiger partial charge on any atom is 0.341 e. The zero-order valence-corrected chi connectivity index (χ0v) is 14.7. The zero-order chi connectivity index (χ0) is 18.8. The van der Waals surface area contributed by atoms with Crippen LogP contribution in [0, 0.1) is 15.9 Å². The van der Waals surface area contributed by atoms with Gasteiger partial charge in [0, 0.05) is 17.1 Å². The summed E-state index contributed by atoms with van der Waals surface area (Å²) < 4.78 is 61.8. The SMILES string of the molecule is O=[N+]([O-])c1cc(S(=O)(=O)C(F)F)ccc1NCc1cc(F)ccc1Br. The molecule has 0 saturated carbocycles. The molecule has 0 bridgehead atoms. The van der Waals surface area contributed by atoms with Crippen molar-refractivity contribution in [2.45, 2.75) is 17.2 Å². The van der Waals surface area contributed by atoms with Crippen LogP contribution in [-0.2, 0) is 16.4 Å². The van der Waals surface area contributed by atoms with Crippen molar-refractivity contribution in [3.63, 3.8) is 0 Å². The molecular weight excluding hydrogens is 429 g/mol. The summed E-state index contributed by atoms with van der Waals surface area (Å²) in [5.74, 6) is -4.19. The van der Waals surface area contributed by atoms with E-state index in [0.29, 0.717) is 16.1 Å². The van der Waals surface area contributed by atoms with Gasteiger partial charge in [0.2, 0.25) is 9.84 Å². The number of alkyl halides is 2. The van der Waals surface area contributed by atoms with Crippen molar-refractivity contribution in [3.05, 3.63) is 62.4 Å². The molecule has 0 atom stereocenters. The van der Waals surface area contributed by atoms with Gasteiger partial charge in [-0.05, 0) is 35.9 Å². The van der Waals surface area contributed by atoms with Crippen LogP contribution >= 0.6 is 15.9 Å². The third-order valence-corrected chi connectivity index (χ3v) is 5.36. The Morgan fingerprint density at radius 1 is 1.20 bits per heavy atom. The van der Waals surface area contributed by atoms with Crippen LogP contribution in [0.25, 0.3) is 0 Å². The Hall–Kier alpha value is -2.14. The van der Waals surface area contributed by atoms with Crippen LogP contribution < -0.4 is 5.32 Å². The number of nitrogens with one attached hydrogen (secondary N) is 1. The van der Waals surface area contributed by atoms with E-state index in [4.69, 9.17) is 0 Å². The highest BCUT2D eigenvalue weighted by molar-refractivity contribution is 9.10. The summed E-state index contributed by atoms with van der Waals surface area (Å²) in [4.78, 5) is 9.37. The molecule has 134 valence electrons. The maximum absolute atomic E-state index is 13.2. The summed E-state index contributed by atoms with van der Waals surface area (Å²) >= 11 is 3.20. The van der Waals surface area contributed by atoms with Crippen LogP contribution in [0.1, 0.15) is 5.56 Å². The molecular formula is C14H10BrF3N2O4S. The minimum atomic E-state index is -4.95. The van der Waals surface area contributed by atoms with E-state index in [-0.39, 0.29) is 12.2 Å². The third kappa shape index (κ3) is 4.28. The second-order valence-electron chi connectivity index (χ2n) is 4.83. The fourth-order valence-electron chi connectivity index (χ4n) is 1.96. The molecule has 2 aromatic carbocycles. The summed E-state index contributed by atoms with van der Waals surface area (Å²) in [5, 5.41) is 13.8. The maximum atomic E-state index is 13.2. The zero-order valence-electron chi connectivity index (χ0n) is 12.2. The van der Waals surface area contributed by atoms with Crippen molar-refractivity contribution in [1.82, 2.24) is 0 Å². The highest BCUT2D eigenvalue weighted by Crippen LogP contribution is 2.30. The summed E-state index contributed by atoms with van der Waals surface area (Å²) in [5.41, 5.74) is -0.317. The number of anilines is 1. The number of rotatable bonds is 6.